The molecule has 6 heteroatoms. The molecule has 1 saturated heterocycles. The third-order valence-corrected chi connectivity index (χ3v) is 5.94. The standard InChI is InChI=1S/C19H19ClFN3S/c20-16-11-15(21)6-5-14(16)12-23-7-9-24(10-8-23)13-19-22-17-3-1-2-4-18(17)25-19/h1-6,11H,7-10,12-13H2. The van der Waals surface area contributed by atoms with Crippen LogP contribution < -0.4 is 0 Å². The Labute approximate surface area is 155 Å². The van der Waals surface area contributed by atoms with Gasteiger partial charge in [0, 0.05) is 37.7 Å². The number of thiazole rings is 1. The van der Waals surface area contributed by atoms with E-state index in [9.17, 15) is 4.39 Å². The Morgan fingerprint density at radius 1 is 1.00 bits per heavy atom. The number of fused-ring (bicyclic) bond motifs is 1. The van der Waals surface area contributed by atoms with E-state index in [0.717, 1.165) is 50.3 Å². The van der Waals surface area contributed by atoms with Crippen LogP contribution in [0.5, 0.6) is 0 Å². The van der Waals surface area contributed by atoms with Gasteiger partial charge in [-0.3, -0.25) is 9.80 Å². The van der Waals surface area contributed by atoms with E-state index in [1.807, 2.05) is 6.07 Å². The molecular weight excluding hydrogens is 357 g/mol. The van der Waals surface area contributed by atoms with Crippen molar-refractivity contribution < 1.29 is 4.39 Å². The van der Waals surface area contributed by atoms with Crippen LogP contribution in [0.4, 0.5) is 4.39 Å². The third kappa shape index (κ3) is 4.01. The van der Waals surface area contributed by atoms with Gasteiger partial charge < -0.3 is 0 Å². The lowest BCUT2D eigenvalue weighted by molar-refractivity contribution is 0.122. The molecule has 25 heavy (non-hydrogen) atoms. The van der Waals surface area contributed by atoms with Crippen LogP contribution in [-0.2, 0) is 13.1 Å². The van der Waals surface area contributed by atoms with Gasteiger partial charge in [-0.2, -0.15) is 0 Å². The summed E-state index contributed by atoms with van der Waals surface area (Å²) >= 11 is 7.92. The molecule has 0 amide bonds. The lowest BCUT2D eigenvalue weighted by Gasteiger charge is -2.34. The summed E-state index contributed by atoms with van der Waals surface area (Å²) in [6, 6.07) is 12.9. The number of benzene rings is 2. The van der Waals surface area contributed by atoms with E-state index in [-0.39, 0.29) is 5.82 Å². The van der Waals surface area contributed by atoms with Crippen LogP contribution >= 0.6 is 22.9 Å². The smallest absolute Gasteiger partial charge is 0.124 e. The molecule has 0 N–H and O–H groups in total. The first-order valence-corrected chi connectivity index (χ1v) is 9.60. The molecule has 0 saturated carbocycles. The SMILES string of the molecule is Fc1ccc(CN2CCN(Cc3nc4ccccc4s3)CC2)c(Cl)c1. The number of rotatable bonds is 4. The molecule has 1 aromatic heterocycles. The molecule has 2 heterocycles. The number of hydrogen-bond donors (Lipinski definition) is 0. The highest BCUT2D eigenvalue weighted by molar-refractivity contribution is 7.18. The second-order valence-corrected chi connectivity index (χ2v) is 7.89. The van der Waals surface area contributed by atoms with Crippen LogP contribution in [0.1, 0.15) is 10.6 Å². The molecule has 0 unspecified atom stereocenters. The first kappa shape index (κ1) is 16.9. The highest BCUT2D eigenvalue weighted by Gasteiger charge is 2.19. The van der Waals surface area contributed by atoms with Gasteiger partial charge in [0.2, 0.25) is 0 Å². The van der Waals surface area contributed by atoms with Crippen molar-refractivity contribution in [2.45, 2.75) is 13.1 Å². The van der Waals surface area contributed by atoms with E-state index in [2.05, 4.69) is 28.0 Å². The molecule has 4 rings (SSSR count). The van der Waals surface area contributed by atoms with E-state index in [4.69, 9.17) is 16.6 Å². The summed E-state index contributed by atoms with van der Waals surface area (Å²) in [6.07, 6.45) is 0. The summed E-state index contributed by atoms with van der Waals surface area (Å²) in [5, 5.41) is 1.69. The first-order chi connectivity index (χ1) is 12.2. The van der Waals surface area contributed by atoms with E-state index >= 15 is 0 Å². The van der Waals surface area contributed by atoms with Crippen LogP contribution in [-0.4, -0.2) is 41.0 Å². The van der Waals surface area contributed by atoms with E-state index < -0.39 is 0 Å². The summed E-state index contributed by atoms with van der Waals surface area (Å²) in [5.74, 6) is -0.283. The second kappa shape index (κ2) is 7.38. The maximum atomic E-state index is 13.2. The molecule has 0 aliphatic carbocycles. The zero-order valence-corrected chi connectivity index (χ0v) is 15.4. The fourth-order valence-electron chi connectivity index (χ4n) is 3.18. The van der Waals surface area contributed by atoms with Gasteiger partial charge in [-0.1, -0.05) is 29.8 Å². The molecule has 0 atom stereocenters. The van der Waals surface area contributed by atoms with Crippen LogP contribution in [0.2, 0.25) is 5.02 Å². The Balaban J connectivity index is 1.33. The summed E-state index contributed by atoms with van der Waals surface area (Å²) in [7, 11) is 0. The maximum Gasteiger partial charge on any atom is 0.124 e. The number of halogens is 2. The van der Waals surface area contributed by atoms with Crippen LogP contribution in [0.15, 0.2) is 42.5 Å². The fourth-order valence-corrected chi connectivity index (χ4v) is 4.41. The summed E-state index contributed by atoms with van der Waals surface area (Å²) in [5.41, 5.74) is 2.08. The Bertz CT molecular complexity index is 841. The Morgan fingerprint density at radius 3 is 2.44 bits per heavy atom. The molecule has 0 radical (unpaired) electrons. The number of nitrogens with zero attached hydrogens (tertiary/aromatic N) is 3. The predicted octanol–water partition coefficient (Wildman–Crippen LogP) is 4.41. The van der Waals surface area contributed by atoms with Gasteiger partial charge >= 0.3 is 0 Å². The normalized spacial score (nSPS) is 16.6. The maximum absolute atomic E-state index is 13.2. The summed E-state index contributed by atoms with van der Waals surface area (Å²) < 4.78 is 14.4. The number of hydrogen-bond acceptors (Lipinski definition) is 4. The van der Waals surface area contributed by atoms with Crippen molar-refractivity contribution in [3.05, 3.63) is 63.9 Å². The van der Waals surface area contributed by atoms with E-state index in [0.29, 0.717) is 5.02 Å². The minimum absolute atomic E-state index is 0.283. The van der Waals surface area contributed by atoms with Gasteiger partial charge in [0.25, 0.3) is 0 Å². The van der Waals surface area contributed by atoms with Crippen molar-refractivity contribution in [1.29, 1.82) is 0 Å². The van der Waals surface area contributed by atoms with Gasteiger partial charge in [0.1, 0.15) is 10.8 Å². The molecule has 3 nitrogen and oxygen atoms in total. The van der Waals surface area contributed by atoms with Crippen LogP contribution in [0.25, 0.3) is 10.2 Å². The lowest BCUT2D eigenvalue weighted by Crippen LogP contribution is -2.45. The fraction of sp³-hybridized carbons (Fsp3) is 0.316. The highest BCUT2D eigenvalue weighted by Crippen LogP contribution is 2.24. The Morgan fingerprint density at radius 2 is 1.72 bits per heavy atom. The van der Waals surface area contributed by atoms with Crippen molar-refractivity contribution in [2.75, 3.05) is 26.2 Å². The quantitative estimate of drug-likeness (QED) is 0.673. The lowest BCUT2D eigenvalue weighted by atomic mass is 10.2. The molecule has 130 valence electrons. The average Bonchev–Trinajstić information content (AvgIpc) is 3.01. The van der Waals surface area contributed by atoms with Crippen molar-refractivity contribution in [3.8, 4) is 0 Å². The number of para-hydroxylation sites is 1. The molecule has 1 aliphatic rings. The minimum Gasteiger partial charge on any atom is -0.296 e. The molecule has 1 aliphatic heterocycles. The van der Waals surface area contributed by atoms with Crippen LogP contribution in [0, 0.1) is 5.82 Å². The van der Waals surface area contributed by atoms with E-state index in [1.165, 1.54) is 21.8 Å². The molecule has 3 aromatic rings. The summed E-state index contributed by atoms with van der Waals surface area (Å²) in [4.78, 5) is 9.54. The highest BCUT2D eigenvalue weighted by atomic mass is 35.5. The van der Waals surface area contributed by atoms with Crippen molar-refractivity contribution >= 4 is 33.2 Å². The zero-order chi connectivity index (χ0) is 17.2. The number of aromatic nitrogens is 1. The number of piperazine rings is 1. The average molecular weight is 376 g/mol. The van der Waals surface area contributed by atoms with Crippen molar-refractivity contribution in [1.82, 2.24) is 14.8 Å². The zero-order valence-electron chi connectivity index (χ0n) is 13.8. The monoisotopic (exact) mass is 375 g/mol. The van der Waals surface area contributed by atoms with Crippen molar-refractivity contribution in [3.63, 3.8) is 0 Å². The molecule has 0 bridgehead atoms. The summed E-state index contributed by atoms with van der Waals surface area (Å²) in [6.45, 7) is 5.67. The Kier molecular flexibility index (Phi) is 4.99. The molecule has 2 aromatic carbocycles. The van der Waals surface area contributed by atoms with E-state index in [1.54, 1.807) is 17.4 Å². The van der Waals surface area contributed by atoms with Gasteiger partial charge in [-0.05, 0) is 29.8 Å². The molecule has 0 spiro atoms. The third-order valence-electron chi connectivity index (χ3n) is 4.57. The van der Waals surface area contributed by atoms with Crippen molar-refractivity contribution in [2.24, 2.45) is 0 Å². The van der Waals surface area contributed by atoms with Gasteiger partial charge in [-0.25, -0.2) is 9.37 Å². The molecule has 1 fully saturated rings. The first-order valence-electron chi connectivity index (χ1n) is 8.40. The van der Waals surface area contributed by atoms with Gasteiger partial charge in [-0.15, -0.1) is 11.3 Å². The molecular formula is C19H19ClFN3S. The predicted molar refractivity (Wildman–Crippen MR) is 102 cm³/mol. The largest absolute Gasteiger partial charge is 0.296 e. The van der Waals surface area contributed by atoms with Gasteiger partial charge in [0.05, 0.1) is 16.8 Å². The van der Waals surface area contributed by atoms with Crippen LogP contribution in [0.3, 0.4) is 0 Å². The minimum atomic E-state index is -0.283. The van der Waals surface area contributed by atoms with Gasteiger partial charge in [0.15, 0.2) is 0 Å². The second-order valence-electron chi connectivity index (χ2n) is 6.36. The topological polar surface area (TPSA) is 19.4 Å². The Hall–Kier alpha value is -1.53.